The molecule has 0 amide bonds. The van der Waals surface area contributed by atoms with Crippen molar-refractivity contribution in [2.75, 3.05) is 0 Å². The normalized spacial score (nSPS) is 11.1. The van der Waals surface area contributed by atoms with Gasteiger partial charge in [-0.25, -0.2) is 0 Å². The van der Waals surface area contributed by atoms with E-state index < -0.39 is 9.85 Å². The minimum absolute atomic E-state index is 0.0515. The Hall–Kier alpha value is -1.76. The van der Waals surface area contributed by atoms with Gasteiger partial charge in [0, 0.05) is 34.1 Å². The van der Waals surface area contributed by atoms with Crippen LogP contribution in [-0.2, 0) is 0 Å². The predicted molar refractivity (Wildman–Crippen MR) is 57.0 cm³/mol. The van der Waals surface area contributed by atoms with Gasteiger partial charge in [0.05, 0.1) is 9.85 Å². The molecule has 1 aromatic rings. The van der Waals surface area contributed by atoms with Gasteiger partial charge in [-0.1, -0.05) is 0 Å². The molecular weight excluding hydrogens is 268 g/mol. The zero-order valence-electron chi connectivity index (χ0n) is 7.29. The Morgan fingerprint density at radius 1 is 1.20 bits per heavy atom. The van der Waals surface area contributed by atoms with Gasteiger partial charge in [0.1, 0.15) is 0 Å². The Balaban J connectivity index is 2.95. The summed E-state index contributed by atoms with van der Waals surface area (Å²) in [5, 5.41) is 20.6. The molecule has 0 aliphatic heterocycles. The van der Waals surface area contributed by atoms with Gasteiger partial charge in [0.2, 0.25) is 0 Å². The topological polar surface area (TPSA) is 86.3 Å². The van der Waals surface area contributed by atoms with Gasteiger partial charge in [0.25, 0.3) is 5.69 Å². The van der Waals surface area contributed by atoms with Crippen molar-refractivity contribution in [3.8, 4) is 0 Å². The molecule has 1 aromatic carbocycles. The summed E-state index contributed by atoms with van der Waals surface area (Å²) in [5.41, 5.74) is 0.466. The van der Waals surface area contributed by atoms with E-state index in [9.17, 15) is 20.2 Å². The first-order valence-electron chi connectivity index (χ1n) is 3.77. The monoisotopic (exact) mass is 272 g/mol. The molecule has 0 heterocycles. The summed E-state index contributed by atoms with van der Waals surface area (Å²) in [4.78, 5) is 19.4. The summed E-state index contributed by atoms with van der Waals surface area (Å²) in [7, 11) is 0. The highest BCUT2D eigenvalue weighted by molar-refractivity contribution is 9.11. The number of non-ortho nitro benzene ring substituents is 1. The Kier molecular flexibility index (Phi) is 3.51. The highest BCUT2D eigenvalue weighted by Gasteiger charge is 2.06. The average molecular weight is 273 g/mol. The molecule has 0 saturated heterocycles. The molecule has 0 spiro atoms. The lowest BCUT2D eigenvalue weighted by atomic mass is 10.2. The number of nitro groups is 2. The number of rotatable bonds is 3. The van der Waals surface area contributed by atoms with Crippen LogP contribution in [-0.4, -0.2) is 9.85 Å². The first-order chi connectivity index (χ1) is 7.00. The third-order valence-electron chi connectivity index (χ3n) is 1.56. The number of nitro benzene ring substituents is 1. The van der Waals surface area contributed by atoms with E-state index >= 15 is 0 Å². The van der Waals surface area contributed by atoms with E-state index in [1.54, 1.807) is 0 Å². The fourth-order valence-electron chi connectivity index (χ4n) is 0.882. The first-order valence-corrected chi connectivity index (χ1v) is 4.56. The zero-order chi connectivity index (χ0) is 11.4. The van der Waals surface area contributed by atoms with Crippen LogP contribution in [0.5, 0.6) is 0 Å². The molecule has 0 bridgehead atoms. The number of hydrogen-bond acceptors (Lipinski definition) is 4. The maximum Gasteiger partial charge on any atom is 0.311 e. The van der Waals surface area contributed by atoms with Gasteiger partial charge < -0.3 is 0 Å². The molecule has 0 aliphatic rings. The Morgan fingerprint density at radius 2 is 1.73 bits per heavy atom. The van der Waals surface area contributed by atoms with Crippen LogP contribution in [0.15, 0.2) is 28.9 Å². The highest BCUT2D eigenvalue weighted by Crippen LogP contribution is 2.16. The molecule has 0 radical (unpaired) electrons. The quantitative estimate of drug-likeness (QED) is 0.481. The fraction of sp³-hybridized carbons (Fsp3) is 0. The van der Waals surface area contributed by atoms with E-state index in [2.05, 4.69) is 15.9 Å². The fourth-order valence-corrected chi connectivity index (χ4v) is 1.15. The highest BCUT2D eigenvalue weighted by atomic mass is 79.9. The van der Waals surface area contributed by atoms with Crippen LogP contribution >= 0.6 is 15.9 Å². The van der Waals surface area contributed by atoms with Crippen LogP contribution in [0, 0.1) is 20.2 Å². The lowest BCUT2D eigenvalue weighted by Gasteiger charge is -1.93. The third-order valence-corrected chi connectivity index (χ3v) is 2.08. The molecule has 0 unspecified atom stereocenters. The minimum atomic E-state index is -0.596. The summed E-state index contributed by atoms with van der Waals surface area (Å²) in [6.45, 7) is 0. The van der Waals surface area contributed by atoms with E-state index in [-0.39, 0.29) is 10.3 Å². The SMILES string of the molecule is O=[N+]([O-])/C(Br)=C\c1ccc([N+](=O)[O-])cc1. The molecule has 0 N–H and O–H groups in total. The maximum absolute atomic E-state index is 10.3. The van der Waals surface area contributed by atoms with Crippen LogP contribution in [0.2, 0.25) is 0 Å². The number of hydrogen-bond donors (Lipinski definition) is 0. The van der Waals surface area contributed by atoms with Crippen molar-refractivity contribution in [1.29, 1.82) is 0 Å². The first kappa shape index (κ1) is 11.3. The second-order valence-electron chi connectivity index (χ2n) is 2.57. The third kappa shape index (κ3) is 3.13. The van der Waals surface area contributed by atoms with Crippen LogP contribution in [0.1, 0.15) is 5.56 Å². The molecule has 7 heteroatoms. The van der Waals surface area contributed by atoms with Crippen molar-refractivity contribution < 1.29 is 9.85 Å². The molecule has 0 fully saturated rings. The van der Waals surface area contributed by atoms with Gasteiger partial charge in [-0.15, -0.1) is 0 Å². The smallest absolute Gasteiger partial charge is 0.258 e. The van der Waals surface area contributed by atoms with E-state index in [0.29, 0.717) is 5.56 Å². The summed E-state index contributed by atoms with van der Waals surface area (Å²) in [6.07, 6.45) is 1.27. The van der Waals surface area contributed by atoms with E-state index in [1.807, 2.05) is 0 Å². The van der Waals surface area contributed by atoms with Gasteiger partial charge >= 0.3 is 4.61 Å². The standard InChI is InChI=1S/C8H5BrN2O4/c9-8(11(14)15)5-6-1-3-7(4-2-6)10(12)13/h1-5H/b8-5-. The minimum Gasteiger partial charge on any atom is -0.258 e. The van der Waals surface area contributed by atoms with Crippen molar-refractivity contribution >= 4 is 27.7 Å². The Morgan fingerprint density at radius 3 is 2.13 bits per heavy atom. The van der Waals surface area contributed by atoms with Crippen molar-refractivity contribution in [2.24, 2.45) is 0 Å². The van der Waals surface area contributed by atoms with E-state index in [1.165, 1.54) is 30.3 Å². The van der Waals surface area contributed by atoms with Gasteiger partial charge in [0.15, 0.2) is 0 Å². The Bertz CT molecular complexity index is 427. The van der Waals surface area contributed by atoms with E-state index in [0.717, 1.165) is 0 Å². The summed E-state index contributed by atoms with van der Waals surface area (Å²) in [6, 6.07) is 5.43. The molecule has 0 aromatic heterocycles. The van der Waals surface area contributed by atoms with Crippen LogP contribution in [0.4, 0.5) is 5.69 Å². The summed E-state index contributed by atoms with van der Waals surface area (Å²) < 4.78 is -0.198. The lowest BCUT2D eigenvalue weighted by Crippen LogP contribution is -1.90. The molecule has 0 saturated carbocycles. The molecule has 0 atom stereocenters. The second kappa shape index (κ2) is 4.65. The van der Waals surface area contributed by atoms with Crippen LogP contribution in [0.25, 0.3) is 6.08 Å². The predicted octanol–water partition coefficient (Wildman–Crippen LogP) is 2.56. The molecular formula is C8H5BrN2O4. The Labute approximate surface area is 92.6 Å². The second-order valence-corrected chi connectivity index (χ2v) is 3.39. The molecule has 6 nitrogen and oxygen atoms in total. The number of benzene rings is 1. The molecule has 0 aliphatic carbocycles. The van der Waals surface area contributed by atoms with E-state index in [4.69, 9.17) is 0 Å². The zero-order valence-corrected chi connectivity index (χ0v) is 8.88. The van der Waals surface area contributed by atoms with Crippen LogP contribution < -0.4 is 0 Å². The molecule has 78 valence electrons. The van der Waals surface area contributed by atoms with Crippen molar-refractivity contribution in [3.63, 3.8) is 0 Å². The van der Waals surface area contributed by atoms with Crippen molar-refractivity contribution in [3.05, 3.63) is 54.7 Å². The summed E-state index contributed by atoms with van der Waals surface area (Å²) in [5.74, 6) is 0. The lowest BCUT2D eigenvalue weighted by molar-refractivity contribution is -0.407. The largest absolute Gasteiger partial charge is 0.311 e. The van der Waals surface area contributed by atoms with Crippen molar-refractivity contribution in [2.45, 2.75) is 0 Å². The van der Waals surface area contributed by atoms with Crippen LogP contribution in [0.3, 0.4) is 0 Å². The number of halogens is 1. The van der Waals surface area contributed by atoms with Crippen molar-refractivity contribution in [1.82, 2.24) is 0 Å². The van der Waals surface area contributed by atoms with Gasteiger partial charge in [-0.3, -0.25) is 20.2 Å². The molecule has 15 heavy (non-hydrogen) atoms. The average Bonchev–Trinajstić information content (AvgIpc) is 2.18. The summed E-state index contributed by atoms with van der Waals surface area (Å²) >= 11 is 2.75. The van der Waals surface area contributed by atoms with Gasteiger partial charge in [-0.05, 0) is 17.7 Å². The maximum atomic E-state index is 10.3. The van der Waals surface area contributed by atoms with Gasteiger partial charge in [-0.2, -0.15) is 0 Å². The molecule has 1 rings (SSSR count). The number of nitrogens with zero attached hydrogens (tertiary/aromatic N) is 2.